The highest BCUT2D eigenvalue weighted by molar-refractivity contribution is 7.92. The number of rotatable bonds is 4. The summed E-state index contributed by atoms with van der Waals surface area (Å²) in [5.74, 6) is 0.637. The lowest BCUT2D eigenvalue weighted by Crippen LogP contribution is -2.57. The summed E-state index contributed by atoms with van der Waals surface area (Å²) in [6.07, 6.45) is 0.713. The zero-order valence-corrected chi connectivity index (χ0v) is 15.4. The summed E-state index contributed by atoms with van der Waals surface area (Å²) in [5.41, 5.74) is 1.03. The van der Waals surface area contributed by atoms with E-state index in [1.807, 2.05) is 11.8 Å². The molecule has 0 radical (unpaired) electrons. The minimum absolute atomic E-state index is 0.141. The molecular weight excluding hydrogens is 329 g/mol. The average Bonchev–Trinajstić information content (AvgIpc) is 2.51. The fraction of sp³-hybridized carbons (Fsp3) is 0.588. The van der Waals surface area contributed by atoms with Crippen molar-refractivity contribution in [2.45, 2.75) is 31.9 Å². The monoisotopic (exact) mass is 355 g/mol. The van der Waals surface area contributed by atoms with Crippen molar-refractivity contribution in [1.29, 1.82) is 0 Å². The van der Waals surface area contributed by atoms with Crippen LogP contribution < -0.4 is 5.32 Å². The van der Waals surface area contributed by atoms with Gasteiger partial charge in [-0.25, -0.2) is 12.8 Å². The highest BCUT2D eigenvalue weighted by Gasteiger charge is 2.40. The Morgan fingerprint density at radius 3 is 2.58 bits per heavy atom. The first-order valence-corrected chi connectivity index (χ1v) is 9.90. The second kappa shape index (κ2) is 7.51. The zero-order valence-electron chi connectivity index (χ0n) is 14.5. The molecule has 2 rings (SSSR count). The standard InChI is InChI=1S/C17H26FN3O2S/c1-4-19-16(20-10-9-14-5-7-15(18)8-6-14)21-11-12-24(22,23)17(2,3)13-21/h5-8H,4,9-13H2,1-3H3,(H,19,20). The Morgan fingerprint density at radius 1 is 1.33 bits per heavy atom. The van der Waals surface area contributed by atoms with Gasteiger partial charge in [0.05, 0.1) is 10.5 Å². The van der Waals surface area contributed by atoms with Gasteiger partial charge < -0.3 is 10.2 Å². The molecule has 1 aromatic carbocycles. The van der Waals surface area contributed by atoms with Gasteiger partial charge in [0.1, 0.15) is 5.82 Å². The Balaban J connectivity index is 2.04. The van der Waals surface area contributed by atoms with E-state index >= 15 is 0 Å². The number of hydrogen-bond acceptors (Lipinski definition) is 3. The maximum Gasteiger partial charge on any atom is 0.194 e. The molecule has 1 fully saturated rings. The highest BCUT2D eigenvalue weighted by Crippen LogP contribution is 2.23. The summed E-state index contributed by atoms with van der Waals surface area (Å²) in [4.78, 5) is 6.62. The molecule has 134 valence electrons. The minimum Gasteiger partial charge on any atom is -0.357 e. The molecule has 0 saturated carbocycles. The number of hydrogen-bond donors (Lipinski definition) is 1. The van der Waals surface area contributed by atoms with Crippen molar-refractivity contribution in [3.8, 4) is 0 Å². The molecule has 0 atom stereocenters. The minimum atomic E-state index is -3.07. The molecule has 1 aromatic rings. The normalized spacial score (nSPS) is 20.0. The SMILES string of the molecule is CCNC(=NCCc1ccc(F)cc1)N1CCS(=O)(=O)C(C)(C)C1. The van der Waals surface area contributed by atoms with Gasteiger partial charge >= 0.3 is 0 Å². The van der Waals surface area contributed by atoms with Gasteiger partial charge in [-0.1, -0.05) is 12.1 Å². The molecule has 0 aliphatic carbocycles. The van der Waals surface area contributed by atoms with Crippen LogP contribution in [0.3, 0.4) is 0 Å². The number of guanidine groups is 1. The number of benzene rings is 1. The molecule has 1 N–H and O–H groups in total. The van der Waals surface area contributed by atoms with Gasteiger partial charge in [-0.2, -0.15) is 0 Å². The molecule has 0 amide bonds. The maximum atomic E-state index is 12.9. The molecule has 1 aliphatic rings. The molecule has 1 saturated heterocycles. The van der Waals surface area contributed by atoms with Crippen molar-refractivity contribution >= 4 is 15.8 Å². The largest absolute Gasteiger partial charge is 0.357 e. The Hall–Kier alpha value is -1.63. The van der Waals surface area contributed by atoms with E-state index in [4.69, 9.17) is 0 Å². The third kappa shape index (κ3) is 4.47. The van der Waals surface area contributed by atoms with Crippen molar-refractivity contribution in [3.05, 3.63) is 35.6 Å². The second-order valence-electron chi connectivity index (χ2n) is 6.61. The quantitative estimate of drug-likeness (QED) is 0.661. The molecule has 0 bridgehead atoms. The summed E-state index contributed by atoms with van der Waals surface area (Å²) >= 11 is 0. The Labute approximate surface area is 143 Å². The van der Waals surface area contributed by atoms with Crippen LogP contribution in [-0.4, -0.2) is 56.0 Å². The summed E-state index contributed by atoms with van der Waals surface area (Å²) in [5, 5.41) is 3.23. The molecule has 7 heteroatoms. The van der Waals surface area contributed by atoms with E-state index in [2.05, 4.69) is 10.3 Å². The third-order valence-corrected chi connectivity index (χ3v) is 6.79. The molecule has 0 aromatic heterocycles. The van der Waals surface area contributed by atoms with E-state index in [9.17, 15) is 12.8 Å². The van der Waals surface area contributed by atoms with Crippen LogP contribution in [0.2, 0.25) is 0 Å². The topological polar surface area (TPSA) is 61.8 Å². The second-order valence-corrected chi connectivity index (χ2v) is 9.36. The fourth-order valence-electron chi connectivity index (χ4n) is 2.69. The van der Waals surface area contributed by atoms with Gasteiger partial charge in [-0.3, -0.25) is 4.99 Å². The molecular formula is C17H26FN3O2S. The number of sulfone groups is 1. The van der Waals surface area contributed by atoms with Crippen molar-refractivity contribution in [3.63, 3.8) is 0 Å². The van der Waals surface area contributed by atoms with Crippen LogP contribution in [0.4, 0.5) is 4.39 Å². The van der Waals surface area contributed by atoms with Crippen molar-refractivity contribution in [1.82, 2.24) is 10.2 Å². The van der Waals surface area contributed by atoms with Crippen molar-refractivity contribution < 1.29 is 12.8 Å². The maximum absolute atomic E-state index is 12.9. The lowest BCUT2D eigenvalue weighted by atomic mass is 10.1. The molecule has 1 heterocycles. The van der Waals surface area contributed by atoms with Crippen LogP contribution in [0.1, 0.15) is 26.3 Å². The highest BCUT2D eigenvalue weighted by atomic mass is 32.2. The smallest absolute Gasteiger partial charge is 0.194 e. The molecule has 1 aliphatic heterocycles. The zero-order chi connectivity index (χ0) is 17.8. The van der Waals surface area contributed by atoms with Crippen molar-refractivity contribution in [2.24, 2.45) is 4.99 Å². The summed E-state index contributed by atoms with van der Waals surface area (Å²) in [7, 11) is -3.07. The van der Waals surface area contributed by atoms with Gasteiger partial charge in [-0.15, -0.1) is 0 Å². The first kappa shape index (κ1) is 18.7. The Kier molecular flexibility index (Phi) is 5.85. The van der Waals surface area contributed by atoms with Crippen LogP contribution in [0.15, 0.2) is 29.3 Å². The lowest BCUT2D eigenvalue weighted by molar-refractivity contribution is 0.353. The first-order chi connectivity index (χ1) is 11.2. The van der Waals surface area contributed by atoms with E-state index in [0.29, 0.717) is 26.1 Å². The van der Waals surface area contributed by atoms with Gasteiger partial charge in [0.25, 0.3) is 0 Å². The predicted octanol–water partition coefficient (Wildman–Crippen LogP) is 1.84. The van der Waals surface area contributed by atoms with E-state index < -0.39 is 14.6 Å². The molecule has 5 nitrogen and oxygen atoms in total. The third-order valence-electron chi connectivity index (χ3n) is 4.25. The fourth-order valence-corrected chi connectivity index (χ4v) is 4.06. The van der Waals surface area contributed by atoms with Crippen LogP contribution in [0.25, 0.3) is 0 Å². The number of halogens is 1. The van der Waals surface area contributed by atoms with Gasteiger partial charge in [0.2, 0.25) is 0 Å². The Morgan fingerprint density at radius 2 is 2.00 bits per heavy atom. The molecule has 24 heavy (non-hydrogen) atoms. The van der Waals surface area contributed by atoms with E-state index in [-0.39, 0.29) is 11.6 Å². The predicted molar refractivity (Wildman–Crippen MR) is 95.5 cm³/mol. The van der Waals surface area contributed by atoms with Crippen LogP contribution in [0, 0.1) is 5.82 Å². The number of nitrogens with one attached hydrogen (secondary N) is 1. The Bertz CT molecular complexity index is 684. The van der Waals surface area contributed by atoms with E-state index in [1.54, 1.807) is 26.0 Å². The number of nitrogens with zero attached hydrogens (tertiary/aromatic N) is 2. The molecule has 0 spiro atoms. The van der Waals surface area contributed by atoms with E-state index in [0.717, 1.165) is 18.1 Å². The molecule has 0 unspecified atom stereocenters. The number of aliphatic imine (C=N–C) groups is 1. The first-order valence-electron chi connectivity index (χ1n) is 8.25. The van der Waals surface area contributed by atoms with Crippen LogP contribution >= 0.6 is 0 Å². The van der Waals surface area contributed by atoms with E-state index in [1.165, 1.54) is 12.1 Å². The van der Waals surface area contributed by atoms with Gasteiger partial charge in [0.15, 0.2) is 15.8 Å². The summed E-state index contributed by atoms with van der Waals surface area (Å²) < 4.78 is 36.4. The van der Waals surface area contributed by atoms with Gasteiger partial charge in [0, 0.05) is 26.2 Å². The van der Waals surface area contributed by atoms with Crippen molar-refractivity contribution in [2.75, 3.05) is 31.9 Å². The average molecular weight is 355 g/mol. The van der Waals surface area contributed by atoms with Gasteiger partial charge in [-0.05, 0) is 44.9 Å². The van der Waals surface area contributed by atoms with Crippen LogP contribution in [0.5, 0.6) is 0 Å². The van der Waals surface area contributed by atoms with Crippen LogP contribution in [-0.2, 0) is 16.3 Å². The lowest BCUT2D eigenvalue weighted by Gasteiger charge is -2.39. The summed E-state index contributed by atoms with van der Waals surface area (Å²) in [6.45, 7) is 7.68. The summed E-state index contributed by atoms with van der Waals surface area (Å²) in [6, 6.07) is 6.41.